The molecule has 1 saturated heterocycles. The minimum atomic E-state index is -3.53. The lowest BCUT2D eigenvalue weighted by Gasteiger charge is -2.32. The molecule has 0 aliphatic carbocycles. The molecule has 2 rings (SSSR count). The largest absolute Gasteiger partial charge is 0.296 e. The van der Waals surface area contributed by atoms with Crippen molar-refractivity contribution in [3.8, 4) is 0 Å². The Kier molecular flexibility index (Phi) is 3.72. The molecule has 0 amide bonds. The zero-order valence-corrected chi connectivity index (χ0v) is 10.3. The van der Waals surface area contributed by atoms with Gasteiger partial charge >= 0.3 is 0 Å². The molecule has 17 heavy (non-hydrogen) atoms. The minimum absolute atomic E-state index is 0.462. The highest BCUT2D eigenvalue weighted by molar-refractivity contribution is 7.86. The smallest absolute Gasteiger partial charge is 0.276 e. The number of aromatic nitrogens is 1. The van der Waals surface area contributed by atoms with E-state index in [4.69, 9.17) is 5.14 Å². The van der Waals surface area contributed by atoms with Gasteiger partial charge in [-0.05, 0) is 17.7 Å². The molecule has 0 bridgehead atoms. The second-order valence-electron chi connectivity index (χ2n) is 4.08. The van der Waals surface area contributed by atoms with Crippen LogP contribution in [-0.4, -0.2) is 48.8 Å². The highest BCUT2D eigenvalue weighted by Gasteiger charge is 2.23. The summed E-state index contributed by atoms with van der Waals surface area (Å²) < 4.78 is 23.6. The molecule has 0 spiro atoms. The van der Waals surface area contributed by atoms with E-state index in [1.165, 1.54) is 9.87 Å². The predicted molar refractivity (Wildman–Crippen MR) is 64.2 cm³/mol. The number of nitrogens with zero attached hydrogens (tertiary/aromatic N) is 3. The van der Waals surface area contributed by atoms with E-state index in [1.54, 1.807) is 12.4 Å². The van der Waals surface area contributed by atoms with Crippen LogP contribution in [0.25, 0.3) is 0 Å². The first-order valence-electron chi connectivity index (χ1n) is 5.45. The molecule has 1 fully saturated rings. The molecule has 6 nitrogen and oxygen atoms in total. The first-order chi connectivity index (χ1) is 8.05. The lowest BCUT2D eigenvalue weighted by molar-refractivity contribution is 0.181. The van der Waals surface area contributed by atoms with Crippen molar-refractivity contribution >= 4 is 10.2 Å². The molecular formula is C10H16N4O2S. The summed E-state index contributed by atoms with van der Waals surface area (Å²) in [6.45, 7) is 3.16. The molecule has 2 heterocycles. The molecule has 1 aromatic heterocycles. The van der Waals surface area contributed by atoms with Gasteiger partial charge in [-0.25, -0.2) is 5.14 Å². The molecule has 0 atom stereocenters. The maximum absolute atomic E-state index is 11.1. The van der Waals surface area contributed by atoms with Crippen LogP contribution in [0.15, 0.2) is 24.5 Å². The second-order valence-corrected chi connectivity index (χ2v) is 5.62. The highest BCUT2D eigenvalue weighted by atomic mass is 32.2. The number of hydrogen-bond acceptors (Lipinski definition) is 4. The van der Waals surface area contributed by atoms with Gasteiger partial charge in [0, 0.05) is 45.1 Å². The number of nitrogens with two attached hydrogens (primary N) is 1. The van der Waals surface area contributed by atoms with E-state index >= 15 is 0 Å². The fourth-order valence-corrected chi connectivity index (χ4v) is 2.56. The van der Waals surface area contributed by atoms with Crippen LogP contribution in [0.5, 0.6) is 0 Å². The normalized spacial score (nSPS) is 19.4. The average molecular weight is 256 g/mol. The molecule has 2 N–H and O–H groups in total. The Balaban J connectivity index is 1.88. The highest BCUT2D eigenvalue weighted by Crippen LogP contribution is 2.08. The van der Waals surface area contributed by atoms with Crippen LogP contribution in [0.3, 0.4) is 0 Å². The molecular weight excluding hydrogens is 240 g/mol. The van der Waals surface area contributed by atoms with Crippen molar-refractivity contribution in [1.29, 1.82) is 0 Å². The summed E-state index contributed by atoms with van der Waals surface area (Å²) in [6, 6.07) is 3.93. The van der Waals surface area contributed by atoms with Gasteiger partial charge in [0.15, 0.2) is 0 Å². The van der Waals surface area contributed by atoms with E-state index in [0.717, 1.165) is 6.54 Å². The molecule has 1 aliphatic heterocycles. The monoisotopic (exact) mass is 256 g/mol. The molecule has 1 aromatic rings. The Bertz CT molecular complexity index is 454. The van der Waals surface area contributed by atoms with Gasteiger partial charge in [-0.1, -0.05) is 0 Å². The van der Waals surface area contributed by atoms with Gasteiger partial charge < -0.3 is 0 Å². The Morgan fingerprint density at radius 2 is 1.76 bits per heavy atom. The quantitative estimate of drug-likeness (QED) is 0.783. The summed E-state index contributed by atoms with van der Waals surface area (Å²) in [4.78, 5) is 6.17. The van der Waals surface area contributed by atoms with E-state index in [2.05, 4.69) is 9.88 Å². The van der Waals surface area contributed by atoms with Crippen LogP contribution in [-0.2, 0) is 16.8 Å². The second kappa shape index (κ2) is 5.09. The van der Waals surface area contributed by atoms with Crippen molar-refractivity contribution in [1.82, 2.24) is 14.2 Å². The fourth-order valence-electron chi connectivity index (χ4n) is 1.89. The van der Waals surface area contributed by atoms with Crippen LogP contribution < -0.4 is 5.14 Å². The topological polar surface area (TPSA) is 79.5 Å². The third kappa shape index (κ3) is 3.47. The van der Waals surface area contributed by atoms with E-state index in [1.807, 2.05) is 12.1 Å². The molecule has 0 saturated carbocycles. The number of piperazine rings is 1. The Labute approximate surface area is 101 Å². The summed E-state index contributed by atoms with van der Waals surface area (Å²) >= 11 is 0. The SMILES string of the molecule is NS(=O)(=O)N1CCN(Cc2ccncc2)CC1. The molecule has 0 unspecified atom stereocenters. The number of hydrogen-bond donors (Lipinski definition) is 1. The third-order valence-corrected chi connectivity index (χ3v) is 3.93. The molecule has 7 heteroatoms. The van der Waals surface area contributed by atoms with E-state index in [0.29, 0.717) is 26.2 Å². The van der Waals surface area contributed by atoms with Crippen molar-refractivity contribution in [3.05, 3.63) is 30.1 Å². The van der Waals surface area contributed by atoms with Crippen LogP contribution >= 0.6 is 0 Å². The number of rotatable bonds is 3. The van der Waals surface area contributed by atoms with Gasteiger partial charge in [0.2, 0.25) is 0 Å². The molecule has 1 aliphatic rings. The summed E-state index contributed by atoms with van der Waals surface area (Å²) in [5.41, 5.74) is 1.18. The Morgan fingerprint density at radius 1 is 1.18 bits per heavy atom. The molecule has 94 valence electrons. The lowest BCUT2D eigenvalue weighted by atomic mass is 10.2. The fraction of sp³-hybridized carbons (Fsp3) is 0.500. The maximum atomic E-state index is 11.1. The summed E-state index contributed by atoms with van der Waals surface area (Å²) in [7, 11) is -3.53. The van der Waals surface area contributed by atoms with Crippen LogP contribution in [0.2, 0.25) is 0 Å². The van der Waals surface area contributed by atoms with Crippen molar-refractivity contribution in [2.45, 2.75) is 6.54 Å². The van der Waals surface area contributed by atoms with Crippen molar-refractivity contribution in [2.75, 3.05) is 26.2 Å². The third-order valence-electron chi connectivity index (χ3n) is 2.85. The van der Waals surface area contributed by atoms with Gasteiger partial charge in [0.05, 0.1) is 0 Å². The van der Waals surface area contributed by atoms with Crippen LogP contribution in [0, 0.1) is 0 Å². The van der Waals surface area contributed by atoms with E-state index < -0.39 is 10.2 Å². The first kappa shape index (κ1) is 12.4. The zero-order chi connectivity index (χ0) is 12.3. The minimum Gasteiger partial charge on any atom is -0.296 e. The number of pyridine rings is 1. The zero-order valence-electron chi connectivity index (χ0n) is 9.49. The van der Waals surface area contributed by atoms with Crippen molar-refractivity contribution in [2.24, 2.45) is 5.14 Å². The Morgan fingerprint density at radius 3 is 2.29 bits per heavy atom. The maximum Gasteiger partial charge on any atom is 0.276 e. The van der Waals surface area contributed by atoms with Gasteiger partial charge in [-0.2, -0.15) is 12.7 Å². The summed E-state index contributed by atoms with van der Waals surface area (Å²) in [5.74, 6) is 0. The van der Waals surface area contributed by atoms with Crippen LogP contribution in [0.4, 0.5) is 0 Å². The van der Waals surface area contributed by atoms with Crippen molar-refractivity contribution < 1.29 is 8.42 Å². The first-order valence-corrected chi connectivity index (χ1v) is 6.95. The van der Waals surface area contributed by atoms with Crippen molar-refractivity contribution in [3.63, 3.8) is 0 Å². The van der Waals surface area contributed by atoms with E-state index in [-0.39, 0.29) is 0 Å². The van der Waals surface area contributed by atoms with E-state index in [9.17, 15) is 8.42 Å². The predicted octanol–water partition coefficient (Wildman–Crippen LogP) is -0.597. The van der Waals surface area contributed by atoms with Gasteiger partial charge in [-0.15, -0.1) is 0 Å². The lowest BCUT2D eigenvalue weighted by Crippen LogP contribution is -2.50. The van der Waals surface area contributed by atoms with Gasteiger partial charge in [0.1, 0.15) is 0 Å². The summed E-state index contributed by atoms with van der Waals surface area (Å²) in [6.07, 6.45) is 3.52. The van der Waals surface area contributed by atoms with Crippen LogP contribution in [0.1, 0.15) is 5.56 Å². The summed E-state index contributed by atoms with van der Waals surface area (Å²) in [5, 5.41) is 5.08. The molecule has 0 radical (unpaired) electrons. The molecule has 0 aromatic carbocycles. The average Bonchev–Trinajstić information content (AvgIpc) is 2.30. The van der Waals surface area contributed by atoms with Gasteiger partial charge in [0.25, 0.3) is 10.2 Å². The standard InChI is InChI=1S/C10H16N4O2S/c11-17(15,16)14-7-5-13(6-8-14)9-10-1-3-12-4-2-10/h1-4H,5-9H2,(H2,11,15,16). The Hall–Kier alpha value is -1.02. The van der Waals surface area contributed by atoms with Gasteiger partial charge in [-0.3, -0.25) is 9.88 Å².